The van der Waals surface area contributed by atoms with E-state index in [1.807, 2.05) is 16.8 Å². The average molecular weight is 435 g/mol. The Morgan fingerprint density at radius 2 is 2.13 bits per heavy atom. The SMILES string of the molecule is COC(=O)N1CC[C@H](NC(=O)Nc2cnc3c(ccn3COCC[Si](C)(C)C)n2)C1. The molecule has 0 aromatic carbocycles. The second-order valence-corrected chi connectivity index (χ2v) is 14.2. The van der Waals surface area contributed by atoms with Crippen LogP contribution in [-0.2, 0) is 16.2 Å². The number of likely N-dealkylation sites (tertiary alicyclic amines) is 1. The fourth-order valence-corrected chi connectivity index (χ4v) is 3.93. The zero-order valence-electron chi connectivity index (χ0n) is 18.0. The Bertz CT molecular complexity index is 897. The van der Waals surface area contributed by atoms with E-state index in [1.165, 1.54) is 13.3 Å². The number of anilines is 1. The molecule has 164 valence electrons. The molecule has 2 N–H and O–H groups in total. The van der Waals surface area contributed by atoms with E-state index in [0.29, 0.717) is 43.2 Å². The number of carbonyl (C=O) groups is 2. The van der Waals surface area contributed by atoms with Crippen LogP contribution in [-0.4, -0.2) is 72.5 Å². The number of carbonyl (C=O) groups excluding carboxylic acids is 2. The summed E-state index contributed by atoms with van der Waals surface area (Å²) in [6.45, 7) is 9.09. The van der Waals surface area contributed by atoms with Crippen LogP contribution in [0, 0.1) is 0 Å². The van der Waals surface area contributed by atoms with Crippen LogP contribution in [0.2, 0.25) is 25.7 Å². The number of aromatic nitrogens is 3. The summed E-state index contributed by atoms with van der Waals surface area (Å²) in [5, 5.41) is 5.55. The van der Waals surface area contributed by atoms with Crippen molar-refractivity contribution in [3.05, 3.63) is 18.5 Å². The lowest BCUT2D eigenvalue weighted by Gasteiger charge is -2.16. The topological polar surface area (TPSA) is 111 Å². The van der Waals surface area contributed by atoms with Gasteiger partial charge in [-0.05, 0) is 18.5 Å². The first-order valence-corrected chi connectivity index (χ1v) is 13.8. The highest BCUT2D eigenvalue weighted by Gasteiger charge is 2.27. The van der Waals surface area contributed by atoms with Crippen LogP contribution in [0.5, 0.6) is 0 Å². The lowest BCUT2D eigenvalue weighted by Crippen LogP contribution is -2.40. The number of hydrogen-bond donors (Lipinski definition) is 2. The molecule has 1 atom stereocenters. The third-order valence-corrected chi connectivity index (χ3v) is 6.59. The minimum atomic E-state index is -1.12. The molecule has 0 spiro atoms. The molecule has 0 radical (unpaired) electrons. The van der Waals surface area contributed by atoms with E-state index < -0.39 is 8.07 Å². The van der Waals surface area contributed by atoms with Crippen molar-refractivity contribution in [2.24, 2.45) is 0 Å². The molecule has 0 bridgehead atoms. The minimum Gasteiger partial charge on any atom is -0.453 e. The standard InChI is InChI=1S/C19H30N6O4Si/c1-28-19(27)24-7-5-14(12-24)21-18(26)23-16-11-20-17-15(22-16)6-8-25(17)13-29-9-10-30(2,3)4/h6,8,11,14H,5,7,9-10,12-13H2,1-4H3,(H2,21,22,23,26)/t14-/m0/s1. The number of nitrogens with zero attached hydrogens (tertiary/aromatic N) is 4. The molecule has 3 amide bonds. The molecule has 10 nitrogen and oxygen atoms in total. The molecule has 3 rings (SSSR count). The normalized spacial score (nSPS) is 16.7. The van der Waals surface area contributed by atoms with E-state index in [-0.39, 0.29) is 18.2 Å². The van der Waals surface area contributed by atoms with E-state index in [2.05, 4.69) is 40.2 Å². The predicted molar refractivity (Wildman–Crippen MR) is 116 cm³/mol. The first-order valence-electron chi connectivity index (χ1n) is 10.1. The van der Waals surface area contributed by atoms with Gasteiger partial charge in [0.2, 0.25) is 0 Å². The second kappa shape index (κ2) is 9.43. The van der Waals surface area contributed by atoms with Crippen molar-refractivity contribution < 1.29 is 19.1 Å². The van der Waals surface area contributed by atoms with Gasteiger partial charge in [0.1, 0.15) is 12.2 Å². The largest absolute Gasteiger partial charge is 0.453 e. The second-order valence-electron chi connectivity index (χ2n) is 8.60. The molecule has 3 heterocycles. The lowest BCUT2D eigenvalue weighted by molar-refractivity contribution is 0.0899. The molecular weight excluding hydrogens is 404 g/mol. The zero-order chi connectivity index (χ0) is 21.7. The summed E-state index contributed by atoms with van der Waals surface area (Å²) in [7, 11) is 0.229. The Kier molecular flexibility index (Phi) is 6.93. The molecule has 30 heavy (non-hydrogen) atoms. The summed E-state index contributed by atoms with van der Waals surface area (Å²) in [5.41, 5.74) is 1.39. The molecule has 2 aromatic rings. The molecular formula is C19H30N6O4Si. The molecule has 0 saturated carbocycles. The maximum absolute atomic E-state index is 12.3. The lowest BCUT2D eigenvalue weighted by atomic mass is 10.3. The van der Waals surface area contributed by atoms with Gasteiger partial charge in [-0.2, -0.15) is 0 Å². The number of hydrogen-bond acceptors (Lipinski definition) is 6. The van der Waals surface area contributed by atoms with Gasteiger partial charge >= 0.3 is 12.1 Å². The number of rotatable bonds is 7. The van der Waals surface area contributed by atoms with E-state index in [9.17, 15) is 9.59 Å². The van der Waals surface area contributed by atoms with Gasteiger partial charge in [-0.15, -0.1) is 0 Å². The molecule has 0 unspecified atom stereocenters. The summed E-state index contributed by atoms with van der Waals surface area (Å²) >= 11 is 0. The fraction of sp³-hybridized carbons (Fsp3) is 0.579. The Balaban J connectivity index is 1.51. The number of urea groups is 1. The monoisotopic (exact) mass is 434 g/mol. The van der Waals surface area contributed by atoms with Crippen molar-refractivity contribution in [1.82, 2.24) is 24.8 Å². The van der Waals surface area contributed by atoms with Crippen molar-refractivity contribution in [1.29, 1.82) is 0 Å². The number of amides is 3. The fourth-order valence-electron chi connectivity index (χ4n) is 3.18. The Morgan fingerprint density at radius 1 is 1.33 bits per heavy atom. The highest BCUT2D eigenvalue weighted by Crippen LogP contribution is 2.15. The highest BCUT2D eigenvalue weighted by molar-refractivity contribution is 6.76. The number of nitrogens with one attached hydrogen (secondary N) is 2. The summed E-state index contributed by atoms with van der Waals surface area (Å²) in [5.74, 6) is 0.361. The first-order chi connectivity index (χ1) is 14.2. The Labute approximate surface area is 177 Å². The first kappa shape index (κ1) is 22.0. The number of ether oxygens (including phenoxy) is 2. The molecule has 1 saturated heterocycles. The Morgan fingerprint density at radius 3 is 2.87 bits per heavy atom. The Hall–Kier alpha value is -2.66. The predicted octanol–water partition coefficient (Wildman–Crippen LogP) is 2.71. The third kappa shape index (κ3) is 5.92. The highest BCUT2D eigenvalue weighted by atomic mass is 28.3. The van der Waals surface area contributed by atoms with E-state index in [1.54, 1.807) is 4.90 Å². The van der Waals surface area contributed by atoms with Crippen LogP contribution in [0.3, 0.4) is 0 Å². The molecule has 1 aliphatic heterocycles. The average Bonchev–Trinajstić information content (AvgIpc) is 3.30. The summed E-state index contributed by atoms with van der Waals surface area (Å²) in [4.78, 5) is 34.2. The van der Waals surface area contributed by atoms with Crippen LogP contribution < -0.4 is 10.6 Å². The van der Waals surface area contributed by atoms with Gasteiger partial charge in [-0.1, -0.05) is 19.6 Å². The number of methoxy groups -OCH3 is 1. The van der Waals surface area contributed by atoms with Crippen molar-refractivity contribution in [2.75, 3.05) is 32.1 Å². The van der Waals surface area contributed by atoms with Crippen molar-refractivity contribution >= 4 is 37.2 Å². The quantitative estimate of drug-likeness (QED) is 0.512. The molecule has 1 aliphatic rings. The summed E-state index contributed by atoms with van der Waals surface area (Å²) in [6.07, 6.45) is 3.69. The van der Waals surface area contributed by atoms with Gasteiger partial charge in [0.25, 0.3) is 0 Å². The van der Waals surface area contributed by atoms with Crippen molar-refractivity contribution in [3.63, 3.8) is 0 Å². The van der Waals surface area contributed by atoms with E-state index in [4.69, 9.17) is 9.47 Å². The molecule has 1 fully saturated rings. The smallest absolute Gasteiger partial charge is 0.409 e. The van der Waals surface area contributed by atoms with Crippen molar-refractivity contribution in [2.45, 2.75) is 44.9 Å². The zero-order valence-corrected chi connectivity index (χ0v) is 19.0. The van der Waals surface area contributed by atoms with Gasteiger partial charge in [0.15, 0.2) is 11.5 Å². The van der Waals surface area contributed by atoms with Gasteiger partial charge in [0, 0.05) is 40.0 Å². The number of fused-ring (bicyclic) bond motifs is 1. The van der Waals surface area contributed by atoms with Crippen molar-refractivity contribution in [3.8, 4) is 0 Å². The van der Waals surface area contributed by atoms with Gasteiger partial charge in [-0.25, -0.2) is 19.6 Å². The van der Waals surface area contributed by atoms with Gasteiger partial charge in [0.05, 0.1) is 13.3 Å². The molecule has 2 aromatic heterocycles. The minimum absolute atomic E-state index is 0.129. The summed E-state index contributed by atoms with van der Waals surface area (Å²) < 4.78 is 12.4. The van der Waals surface area contributed by atoms with Crippen LogP contribution in [0.4, 0.5) is 15.4 Å². The summed E-state index contributed by atoms with van der Waals surface area (Å²) in [6, 6.07) is 2.45. The van der Waals surface area contributed by atoms with Gasteiger partial charge in [-0.3, -0.25) is 5.32 Å². The van der Waals surface area contributed by atoms with Gasteiger partial charge < -0.3 is 24.3 Å². The van der Waals surface area contributed by atoms with Crippen LogP contribution in [0.15, 0.2) is 18.5 Å². The van der Waals surface area contributed by atoms with Crippen LogP contribution in [0.25, 0.3) is 11.2 Å². The maximum Gasteiger partial charge on any atom is 0.409 e. The molecule has 0 aliphatic carbocycles. The van der Waals surface area contributed by atoms with E-state index in [0.717, 1.165) is 12.7 Å². The third-order valence-electron chi connectivity index (χ3n) is 4.89. The molecule has 11 heteroatoms. The van der Waals surface area contributed by atoms with E-state index >= 15 is 0 Å². The van der Waals surface area contributed by atoms with Crippen LogP contribution >= 0.6 is 0 Å². The van der Waals surface area contributed by atoms with Crippen LogP contribution in [0.1, 0.15) is 6.42 Å². The maximum atomic E-state index is 12.3.